The van der Waals surface area contributed by atoms with Gasteiger partial charge in [0.25, 0.3) is 0 Å². The summed E-state index contributed by atoms with van der Waals surface area (Å²) < 4.78 is 11.2. The van der Waals surface area contributed by atoms with E-state index in [1.54, 1.807) is 11.3 Å². The van der Waals surface area contributed by atoms with Gasteiger partial charge in [0.15, 0.2) is 11.5 Å². The minimum absolute atomic E-state index is 0.0996. The highest BCUT2D eigenvalue weighted by Gasteiger charge is 2.45. The Bertz CT molecular complexity index is 713. The van der Waals surface area contributed by atoms with Crippen LogP contribution in [0.25, 0.3) is 0 Å². The van der Waals surface area contributed by atoms with Crippen LogP contribution < -0.4 is 9.47 Å². The zero-order chi connectivity index (χ0) is 15.8. The molecule has 2 unspecified atom stereocenters. The Labute approximate surface area is 139 Å². The van der Waals surface area contributed by atoms with Gasteiger partial charge in [0.1, 0.15) is 13.2 Å². The van der Waals surface area contributed by atoms with Gasteiger partial charge in [0, 0.05) is 17.8 Å². The van der Waals surface area contributed by atoms with Gasteiger partial charge >= 0.3 is 0 Å². The quantitative estimate of drug-likeness (QED) is 0.864. The van der Waals surface area contributed by atoms with Crippen molar-refractivity contribution in [3.8, 4) is 11.5 Å². The molecule has 2 heterocycles. The smallest absolute Gasteiger partial charge is 0.226 e. The molecule has 1 fully saturated rings. The third-order valence-electron chi connectivity index (χ3n) is 4.45. The Morgan fingerprint density at radius 2 is 2.09 bits per heavy atom. The van der Waals surface area contributed by atoms with E-state index in [1.165, 1.54) is 10.4 Å². The molecule has 1 aliphatic heterocycles. The van der Waals surface area contributed by atoms with E-state index in [0.717, 1.165) is 17.9 Å². The van der Waals surface area contributed by atoms with E-state index in [9.17, 15) is 4.79 Å². The van der Waals surface area contributed by atoms with E-state index in [-0.39, 0.29) is 11.8 Å². The van der Waals surface area contributed by atoms with Gasteiger partial charge in [0.2, 0.25) is 5.91 Å². The second kappa shape index (κ2) is 5.89. The van der Waals surface area contributed by atoms with E-state index < -0.39 is 0 Å². The Hall–Kier alpha value is -2.01. The van der Waals surface area contributed by atoms with E-state index in [1.807, 2.05) is 35.5 Å². The minimum Gasteiger partial charge on any atom is -0.486 e. The number of hydrogen-bond donors (Lipinski definition) is 0. The molecule has 1 aromatic carbocycles. The third-order valence-corrected chi connectivity index (χ3v) is 5.31. The zero-order valence-corrected chi connectivity index (χ0v) is 13.8. The second-order valence-corrected chi connectivity index (χ2v) is 7.16. The monoisotopic (exact) mass is 329 g/mol. The molecule has 0 N–H and O–H groups in total. The lowest BCUT2D eigenvalue weighted by Gasteiger charge is -2.19. The number of ether oxygens (including phenoxy) is 2. The lowest BCUT2D eigenvalue weighted by atomic mass is 10.1. The van der Waals surface area contributed by atoms with Crippen LogP contribution in [0.4, 0.5) is 0 Å². The molecule has 2 aliphatic rings. The van der Waals surface area contributed by atoms with Crippen molar-refractivity contribution in [2.24, 2.45) is 5.92 Å². The molecule has 4 nitrogen and oxygen atoms in total. The highest BCUT2D eigenvalue weighted by atomic mass is 32.1. The van der Waals surface area contributed by atoms with Gasteiger partial charge in [-0.15, -0.1) is 11.3 Å². The standard InChI is InChI=1S/C18H19NO3S/c1-19(11-13-3-2-8-23-13)18(20)15-10-14(15)12-4-5-16-17(9-12)22-7-6-21-16/h2-5,8-9,14-15H,6-7,10-11H2,1H3. The summed E-state index contributed by atoms with van der Waals surface area (Å²) in [7, 11) is 1.89. The van der Waals surface area contributed by atoms with Gasteiger partial charge in [0.05, 0.1) is 6.54 Å². The van der Waals surface area contributed by atoms with Crippen LogP contribution in [0.3, 0.4) is 0 Å². The average Bonchev–Trinajstić information content (AvgIpc) is 3.22. The van der Waals surface area contributed by atoms with Crippen LogP contribution >= 0.6 is 11.3 Å². The predicted molar refractivity (Wildman–Crippen MR) is 89.1 cm³/mol. The molecule has 2 aromatic rings. The Morgan fingerprint density at radius 1 is 1.26 bits per heavy atom. The molecule has 1 saturated carbocycles. The van der Waals surface area contributed by atoms with Crippen LogP contribution in [0.15, 0.2) is 35.7 Å². The first kappa shape index (κ1) is 14.6. The van der Waals surface area contributed by atoms with E-state index in [0.29, 0.717) is 25.7 Å². The van der Waals surface area contributed by atoms with Crippen molar-refractivity contribution in [3.63, 3.8) is 0 Å². The largest absolute Gasteiger partial charge is 0.486 e. The van der Waals surface area contributed by atoms with Gasteiger partial charge < -0.3 is 14.4 Å². The number of hydrogen-bond acceptors (Lipinski definition) is 4. The molecule has 120 valence electrons. The van der Waals surface area contributed by atoms with Crippen molar-refractivity contribution in [2.75, 3.05) is 20.3 Å². The summed E-state index contributed by atoms with van der Waals surface area (Å²) in [4.78, 5) is 15.6. The molecule has 1 aliphatic carbocycles. The van der Waals surface area contributed by atoms with E-state index in [4.69, 9.17) is 9.47 Å². The molecule has 0 radical (unpaired) electrons. The summed E-state index contributed by atoms with van der Waals surface area (Å²) in [6.45, 7) is 1.89. The molecule has 1 amide bonds. The molecule has 5 heteroatoms. The molecular weight excluding hydrogens is 310 g/mol. The molecule has 0 bridgehead atoms. The predicted octanol–water partition coefficient (Wildman–Crippen LogP) is 3.28. The first-order valence-corrected chi connectivity index (χ1v) is 8.77. The maximum absolute atomic E-state index is 12.6. The normalized spacial score (nSPS) is 21.8. The van der Waals surface area contributed by atoms with Crippen LogP contribution in [-0.2, 0) is 11.3 Å². The summed E-state index contributed by atoms with van der Waals surface area (Å²) in [6, 6.07) is 10.1. The van der Waals surface area contributed by atoms with E-state index in [2.05, 4.69) is 12.1 Å². The zero-order valence-electron chi connectivity index (χ0n) is 13.0. The number of thiophene rings is 1. The van der Waals surface area contributed by atoms with Crippen LogP contribution in [0.5, 0.6) is 11.5 Å². The lowest BCUT2D eigenvalue weighted by molar-refractivity contribution is -0.131. The highest BCUT2D eigenvalue weighted by Crippen LogP contribution is 2.50. The maximum atomic E-state index is 12.6. The summed E-state index contributed by atoms with van der Waals surface area (Å²) in [5.41, 5.74) is 1.18. The van der Waals surface area contributed by atoms with Crippen LogP contribution in [0.1, 0.15) is 22.8 Å². The van der Waals surface area contributed by atoms with Crippen molar-refractivity contribution < 1.29 is 14.3 Å². The first-order valence-electron chi connectivity index (χ1n) is 7.89. The molecular formula is C18H19NO3S. The third kappa shape index (κ3) is 2.93. The number of carbonyl (C=O) groups is 1. The van der Waals surface area contributed by atoms with Gasteiger partial charge in [-0.2, -0.15) is 0 Å². The fraction of sp³-hybridized carbons (Fsp3) is 0.389. The molecule has 2 atom stereocenters. The number of nitrogens with zero attached hydrogens (tertiary/aromatic N) is 1. The number of amides is 1. The maximum Gasteiger partial charge on any atom is 0.226 e. The topological polar surface area (TPSA) is 38.8 Å². The molecule has 4 rings (SSSR count). The fourth-order valence-electron chi connectivity index (χ4n) is 3.12. The lowest BCUT2D eigenvalue weighted by Crippen LogP contribution is -2.27. The number of carbonyl (C=O) groups excluding carboxylic acids is 1. The summed E-state index contributed by atoms with van der Waals surface area (Å²) in [5, 5.41) is 2.04. The van der Waals surface area contributed by atoms with Crippen molar-refractivity contribution in [3.05, 3.63) is 46.2 Å². The minimum atomic E-state index is 0.0996. The summed E-state index contributed by atoms with van der Waals surface area (Å²) >= 11 is 1.69. The molecule has 0 spiro atoms. The van der Waals surface area contributed by atoms with Gasteiger partial charge in [-0.1, -0.05) is 12.1 Å². The van der Waals surface area contributed by atoms with Crippen molar-refractivity contribution in [1.29, 1.82) is 0 Å². The number of rotatable bonds is 4. The van der Waals surface area contributed by atoms with Gasteiger partial charge in [-0.05, 0) is 41.5 Å². The second-order valence-electron chi connectivity index (χ2n) is 6.13. The number of benzene rings is 1. The van der Waals surface area contributed by atoms with Crippen LogP contribution in [-0.4, -0.2) is 31.1 Å². The van der Waals surface area contributed by atoms with Gasteiger partial charge in [-0.3, -0.25) is 4.79 Å². The Morgan fingerprint density at radius 3 is 2.87 bits per heavy atom. The highest BCUT2D eigenvalue weighted by molar-refractivity contribution is 7.09. The summed E-state index contributed by atoms with van der Waals surface area (Å²) in [6.07, 6.45) is 0.924. The summed E-state index contributed by atoms with van der Waals surface area (Å²) in [5.74, 6) is 2.25. The van der Waals surface area contributed by atoms with Crippen molar-refractivity contribution in [1.82, 2.24) is 4.90 Å². The number of fused-ring (bicyclic) bond motifs is 1. The first-order chi connectivity index (χ1) is 11.2. The Balaban J connectivity index is 1.42. The van der Waals surface area contributed by atoms with Gasteiger partial charge in [-0.25, -0.2) is 0 Å². The van der Waals surface area contributed by atoms with E-state index >= 15 is 0 Å². The fourth-order valence-corrected chi connectivity index (χ4v) is 3.88. The SMILES string of the molecule is CN(Cc1cccs1)C(=O)C1CC1c1ccc2c(c1)OCCO2. The van der Waals surface area contributed by atoms with Crippen LogP contribution in [0, 0.1) is 5.92 Å². The van der Waals surface area contributed by atoms with Crippen LogP contribution in [0.2, 0.25) is 0 Å². The molecule has 0 saturated heterocycles. The molecule has 1 aromatic heterocycles. The molecule has 23 heavy (non-hydrogen) atoms. The van der Waals surface area contributed by atoms with Crippen molar-refractivity contribution >= 4 is 17.2 Å². The Kier molecular flexibility index (Phi) is 3.73. The average molecular weight is 329 g/mol. The van der Waals surface area contributed by atoms with Crippen molar-refractivity contribution in [2.45, 2.75) is 18.9 Å².